The van der Waals surface area contributed by atoms with Crippen LogP contribution in [-0.4, -0.2) is 67.4 Å². The minimum atomic E-state index is -0.264. The normalized spacial score (nSPS) is 11.6. The highest BCUT2D eigenvalue weighted by atomic mass is 16.6. The van der Waals surface area contributed by atoms with E-state index in [0.29, 0.717) is 37.4 Å². The van der Waals surface area contributed by atoms with Gasteiger partial charge in [-0.25, -0.2) is 0 Å². The molecule has 1 aliphatic rings. The molecule has 0 amide bonds. The maximum absolute atomic E-state index is 10.5. The molecule has 1 aromatic carbocycles. The Morgan fingerprint density at radius 3 is 1.44 bits per heavy atom. The van der Waals surface area contributed by atoms with Crippen molar-refractivity contribution < 1.29 is 43.3 Å². The number of methoxy groups -OCH3 is 1. The second kappa shape index (κ2) is 40.3. The molecule has 1 aliphatic carbocycles. The molecule has 0 aliphatic heterocycles. The number of aryl methyl sites for hydroxylation is 2. The molecule has 282 valence electrons. The van der Waals surface area contributed by atoms with E-state index >= 15 is 0 Å². The number of carbonyl (C=O) groups excluding carboxylic acids is 5. The summed E-state index contributed by atoms with van der Waals surface area (Å²) in [4.78, 5) is 50.5. The van der Waals surface area contributed by atoms with Crippen LogP contribution < -0.4 is 0 Å². The van der Waals surface area contributed by atoms with Gasteiger partial charge in [0.2, 0.25) is 0 Å². The van der Waals surface area contributed by atoms with Gasteiger partial charge in [-0.05, 0) is 83.8 Å². The second-order valence-electron chi connectivity index (χ2n) is 12.5. The van der Waals surface area contributed by atoms with Gasteiger partial charge in [0.05, 0.1) is 13.2 Å². The van der Waals surface area contributed by atoms with Crippen LogP contribution >= 0.6 is 0 Å². The molecular weight excluding hydrogens is 612 g/mol. The highest BCUT2D eigenvalue weighted by Crippen LogP contribution is 2.12. The molecule has 9 nitrogen and oxygen atoms in total. The quantitative estimate of drug-likeness (QED) is 0.200. The van der Waals surface area contributed by atoms with Gasteiger partial charge in [0, 0.05) is 46.8 Å². The minimum Gasteiger partial charge on any atom is -0.466 e. The molecule has 1 unspecified atom stereocenters. The van der Waals surface area contributed by atoms with Gasteiger partial charge in [0.15, 0.2) is 0 Å². The van der Waals surface area contributed by atoms with E-state index in [4.69, 9.17) is 14.6 Å². The zero-order valence-electron chi connectivity index (χ0n) is 33.0. The van der Waals surface area contributed by atoms with Crippen LogP contribution in [0.5, 0.6) is 0 Å². The van der Waals surface area contributed by atoms with E-state index in [-0.39, 0.29) is 29.6 Å². The second-order valence-corrected chi connectivity index (χ2v) is 12.5. The van der Waals surface area contributed by atoms with Gasteiger partial charge >= 0.3 is 11.9 Å². The van der Waals surface area contributed by atoms with Gasteiger partial charge in [0.1, 0.15) is 23.5 Å². The zero-order valence-corrected chi connectivity index (χ0v) is 33.0. The molecular formula is C39H72O9. The molecule has 1 N–H and O–H groups in total. The summed E-state index contributed by atoms with van der Waals surface area (Å²) in [5, 5.41) is 8.14. The number of ether oxygens (including phenoxy) is 3. The van der Waals surface area contributed by atoms with Gasteiger partial charge in [-0.1, -0.05) is 71.7 Å². The van der Waals surface area contributed by atoms with E-state index < -0.39 is 0 Å². The first-order valence-electron chi connectivity index (χ1n) is 17.2. The Morgan fingerprint density at radius 1 is 0.792 bits per heavy atom. The van der Waals surface area contributed by atoms with Crippen LogP contribution in [0.1, 0.15) is 139 Å². The fraction of sp³-hybridized carbons (Fsp3) is 0.718. The number of ketones is 3. The molecule has 1 aromatic rings. The highest BCUT2D eigenvalue weighted by molar-refractivity contribution is 5.78. The van der Waals surface area contributed by atoms with Crippen molar-refractivity contribution in [2.24, 2.45) is 11.8 Å². The van der Waals surface area contributed by atoms with Crippen molar-refractivity contribution in [2.45, 2.75) is 147 Å². The molecule has 0 radical (unpaired) electrons. The number of aliphatic hydroxyl groups is 1. The fourth-order valence-corrected chi connectivity index (χ4v) is 3.10. The average molecular weight is 685 g/mol. The van der Waals surface area contributed by atoms with Crippen LogP contribution in [0, 0.1) is 25.7 Å². The summed E-state index contributed by atoms with van der Waals surface area (Å²) in [5.41, 5.74) is 2.74. The molecule has 1 saturated carbocycles. The van der Waals surface area contributed by atoms with Crippen LogP contribution in [-0.2, 0) is 38.2 Å². The predicted octanol–water partition coefficient (Wildman–Crippen LogP) is 8.61. The van der Waals surface area contributed by atoms with Crippen LogP contribution in [0.2, 0.25) is 0 Å². The standard InChI is InChI=1S/C8H10.C6H12O3.C6H12O2.C6H10O.C6H12O.C4H10O.C3H6O/c1-7-5-3-4-6-8(7)2;1-5(4-8-3)9-6(2)7;1-3-4-5-8-6(2)7;7-6-4-2-1-3-5-6;1-5(2)4-6(3)7;1-4(2)3-5;1-3(2)4/h3-6H,1-2H3;5H,4H2,1-3H3;3-5H2,1-2H3;1-5H2;5H,4H2,1-3H3;4-5H,3H2,1-2H3;1-2H3. The summed E-state index contributed by atoms with van der Waals surface area (Å²) in [6, 6.07) is 8.36. The lowest BCUT2D eigenvalue weighted by Gasteiger charge is -2.08. The van der Waals surface area contributed by atoms with Crippen LogP contribution in [0.4, 0.5) is 0 Å². The molecule has 1 fully saturated rings. The third-order valence-corrected chi connectivity index (χ3v) is 5.47. The van der Waals surface area contributed by atoms with Gasteiger partial charge in [-0.2, -0.15) is 0 Å². The first kappa shape index (κ1) is 54.5. The molecule has 0 spiro atoms. The Kier molecular flexibility index (Phi) is 45.7. The van der Waals surface area contributed by atoms with Crippen LogP contribution in [0.15, 0.2) is 24.3 Å². The molecule has 48 heavy (non-hydrogen) atoms. The summed E-state index contributed by atoms with van der Waals surface area (Å²) in [7, 11) is 1.57. The molecule has 1 atom stereocenters. The average Bonchev–Trinajstić information content (AvgIpc) is 2.95. The topological polar surface area (TPSA) is 133 Å². The number of Topliss-reactive ketones (excluding diaryl/α,β-unsaturated/α-hetero) is 3. The van der Waals surface area contributed by atoms with Gasteiger partial charge in [0.25, 0.3) is 0 Å². The zero-order chi connectivity index (χ0) is 38.5. The van der Waals surface area contributed by atoms with Crippen molar-refractivity contribution in [1.82, 2.24) is 0 Å². The molecule has 0 bridgehead atoms. The van der Waals surface area contributed by atoms with Gasteiger partial charge in [-0.15, -0.1) is 0 Å². The van der Waals surface area contributed by atoms with Crippen LogP contribution in [0.25, 0.3) is 0 Å². The summed E-state index contributed by atoms with van der Waals surface area (Å²) in [6.45, 7) is 24.9. The van der Waals surface area contributed by atoms with Crippen molar-refractivity contribution in [3.63, 3.8) is 0 Å². The maximum atomic E-state index is 10.5. The lowest BCUT2D eigenvalue weighted by molar-refractivity contribution is -0.147. The number of hydrogen-bond donors (Lipinski definition) is 1. The Balaban J connectivity index is -0.000000152. The fourth-order valence-electron chi connectivity index (χ4n) is 3.10. The Bertz CT molecular complexity index is 891. The van der Waals surface area contributed by atoms with Gasteiger partial charge in [-0.3, -0.25) is 14.4 Å². The number of aliphatic hydroxyl groups excluding tert-OH is 1. The maximum Gasteiger partial charge on any atom is 0.302 e. The Hall–Kier alpha value is -2.91. The number of carbonyl (C=O) groups is 5. The smallest absolute Gasteiger partial charge is 0.302 e. The first-order valence-corrected chi connectivity index (χ1v) is 17.2. The highest BCUT2D eigenvalue weighted by Gasteiger charge is 2.06. The summed E-state index contributed by atoms with van der Waals surface area (Å²) < 4.78 is 14.1. The largest absolute Gasteiger partial charge is 0.466 e. The molecule has 2 rings (SSSR count). The number of benzene rings is 1. The van der Waals surface area contributed by atoms with E-state index in [0.717, 1.165) is 44.9 Å². The Labute approximate surface area is 293 Å². The van der Waals surface area contributed by atoms with Crippen molar-refractivity contribution in [3.05, 3.63) is 35.4 Å². The third-order valence-electron chi connectivity index (χ3n) is 5.47. The number of rotatable bonds is 9. The van der Waals surface area contributed by atoms with Crippen molar-refractivity contribution >= 4 is 29.3 Å². The first-order chi connectivity index (χ1) is 22.3. The lowest BCUT2D eigenvalue weighted by atomic mass is 10.00. The van der Waals surface area contributed by atoms with E-state index in [9.17, 15) is 24.0 Å². The molecule has 9 heteroatoms. The lowest BCUT2D eigenvalue weighted by Crippen LogP contribution is -2.17. The van der Waals surface area contributed by atoms with E-state index in [1.165, 1.54) is 45.2 Å². The molecule has 0 heterocycles. The molecule has 0 aromatic heterocycles. The summed E-state index contributed by atoms with van der Waals surface area (Å²) in [5.74, 6) is 1.44. The van der Waals surface area contributed by atoms with E-state index in [1.807, 2.05) is 27.7 Å². The van der Waals surface area contributed by atoms with Crippen molar-refractivity contribution in [3.8, 4) is 0 Å². The Morgan fingerprint density at radius 2 is 1.23 bits per heavy atom. The number of esters is 2. The number of unbranched alkanes of at least 4 members (excludes halogenated alkanes) is 1. The minimum absolute atomic E-state index is 0.132. The predicted molar refractivity (Wildman–Crippen MR) is 197 cm³/mol. The molecule has 0 saturated heterocycles. The van der Waals surface area contributed by atoms with Crippen molar-refractivity contribution in [1.29, 1.82) is 0 Å². The number of hydrogen-bond acceptors (Lipinski definition) is 9. The SMILES string of the molecule is CC(=O)CC(C)C.CC(C)=O.CC(C)CO.CCCCOC(C)=O.COCC(C)OC(C)=O.Cc1ccccc1C.O=C1CCCCC1. The van der Waals surface area contributed by atoms with Crippen LogP contribution in [0.3, 0.4) is 0 Å². The monoisotopic (exact) mass is 685 g/mol. The van der Waals surface area contributed by atoms with Crippen molar-refractivity contribution in [2.75, 3.05) is 26.9 Å². The van der Waals surface area contributed by atoms with E-state index in [1.54, 1.807) is 21.0 Å². The van der Waals surface area contributed by atoms with Gasteiger partial charge < -0.3 is 28.9 Å². The summed E-state index contributed by atoms with van der Waals surface area (Å²) >= 11 is 0. The third kappa shape index (κ3) is 65.7. The summed E-state index contributed by atoms with van der Waals surface area (Å²) in [6.07, 6.45) is 7.88. The van der Waals surface area contributed by atoms with E-state index in [2.05, 4.69) is 49.8 Å².